The van der Waals surface area contributed by atoms with Gasteiger partial charge in [-0.1, -0.05) is 13.8 Å². The summed E-state index contributed by atoms with van der Waals surface area (Å²) in [5, 5.41) is 3.30. The van der Waals surface area contributed by atoms with Gasteiger partial charge in [-0.15, -0.1) is 24.8 Å². The van der Waals surface area contributed by atoms with Crippen molar-refractivity contribution < 1.29 is 4.79 Å². The highest BCUT2D eigenvalue weighted by Crippen LogP contribution is 2.16. The molecular formula is C16H25Cl2N5O. The van der Waals surface area contributed by atoms with Crippen LogP contribution in [0.4, 0.5) is 0 Å². The Hall–Kier alpha value is -1.37. The summed E-state index contributed by atoms with van der Waals surface area (Å²) in [5.41, 5.74) is 2.25. The molecule has 0 unspecified atom stereocenters. The van der Waals surface area contributed by atoms with Crippen LogP contribution in [0.25, 0.3) is 11.2 Å². The SMILES string of the molecule is CC(C)Cn1cnc2cc(C(=O)N3CCNC[C@H]3C)cnc21.Cl.Cl. The molecule has 1 amide bonds. The van der Waals surface area contributed by atoms with Gasteiger partial charge in [-0.3, -0.25) is 4.79 Å². The first-order valence-corrected chi connectivity index (χ1v) is 7.89. The van der Waals surface area contributed by atoms with E-state index in [1.165, 1.54) is 0 Å². The third-order valence-electron chi connectivity index (χ3n) is 4.03. The average Bonchev–Trinajstić information content (AvgIpc) is 2.89. The topological polar surface area (TPSA) is 63.1 Å². The maximum atomic E-state index is 12.7. The molecule has 0 saturated carbocycles. The lowest BCUT2D eigenvalue weighted by Crippen LogP contribution is -2.52. The van der Waals surface area contributed by atoms with E-state index in [1.54, 1.807) is 12.5 Å². The maximum absolute atomic E-state index is 12.7. The van der Waals surface area contributed by atoms with Crippen LogP contribution >= 0.6 is 24.8 Å². The van der Waals surface area contributed by atoms with Crippen molar-refractivity contribution in [2.75, 3.05) is 19.6 Å². The quantitative estimate of drug-likeness (QED) is 0.896. The number of hydrogen-bond acceptors (Lipinski definition) is 4. The van der Waals surface area contributed by atoms with Gasteiger partial charge in [0.15, 0.2) is 5.65 Å². The number of piperazine rings is 1. The maximum Gasteiger partial charge on any atom is 0.255 e. The zero-order valence-corrected chi connectivity index (χ0v) is 15.9. The summed E-state index contributed by atoms with van der Waals surface area (Å²) in [7, 11) is 0. The van der Waals surface area contributed by atoms with E-state index in [2.05, 4.69) is 36.1 Å². The van der Waals surface area contributed by atoms with E-state index in [0.29, 0.717) is 11.5 Å². The third kappa shape index (κ3) is 4.18. The molecule has 8 heteroatoms. The first kappa shape index (κ1) is 20.7. The molecule has 2 aromatic heterocycles. The molecule has 134 valence electrons. The van der Waals surface area contributed by atoms with Gasteiger partial charge in [-0.05, 0) is 18.9 Å². The van der Waals surface area contributed by atoms with Crippen LogP contribution in [-0.4, -0.2) is 51.0 Å². The van der Waals surface area contributed by atoms with E-state index in [-0.39, 0.29) is 36.8 Å². The molecule has 1 aliphatic rings. The second kappa shape index (κ2) is 8.65. The largest absolute Gasteiger partial charge is 0.333 e. The summed E-state index contributed by atoms with van der Waals surface area (Å²) in [6, 6.07) is 2.06. The first-order chi connectivity index (χ1) is 10.6. The lowest BCUT2D eigenvalue weighted by Gasteiger charge is -2.33. The number of nitrogens with zero attached hydrogens (tertiary/aromatic N) is 4. The Kier molecular flexibility index (Phi) is 7.45. The van der Waals surface area contributed by atoms with Crippen LogP contribution in [0.3, 0.4) is 0 Å². The second-order valence-corrected chi connectivity index (χ2v) is 6.41. The van der Waals surface area contributed by atoms with E-state index in [1.807, 2.05) is 15.5 Å². The predicted molar refractivity (Wildman–Crippen MR) is 100 cm³/mol. The van der Waals surface area contributed by atoms with Crippen molar-refractivity contribution in [3.8, 4) is 0 Å². The summed E-state index contributed by atoms with van der Waals surface area (Å²) < 4.78 is 2.04. The number of carbonyl (C=O) groups is 1. The molecule has 1 fully saturated rings. The molecule has 0 spiro atoms. The molecule has 6 nitrogen and oxygen atoms in total. The van der Waals surface area contributed by atoms with Crippen LogP contribution < -0.4 is 5.32 Å². The number of rotatable bonds is 3. The van der Waals surface area contributed by atoms with Crippen LogP contribution in [0.2, 0.25) is 0 Å². The number of halogens is 2. The predicted octanol–water partition coefficient (Wildman–Crippen LogP) is 2.36. The number of carbonyl (C=O) groups excluding carboxylic acids is 1. The van der Waals surface area contributed by atoms with Gasteiger partial charge >= 0.3 is 0 Å². The molecule has 1 saturated heterocycles. The first-order valence-electron chi connectivity index (χ1n) is 7.89. The number of hydrogen-bond donors (Lipinski definition) is 1. The summed E-state index contributed by atoms with van der Waals surface area (Å²) >= 11 is 0. The second-order valence-electron chi connectivity index (χ2n) is 6.41. The fourth-order valence-electron chi connectivity index (χ4n) is 2.90. The monoisotopic (exact) mass is 373 g/mol. The van der Waals surface area contributed by atoms with Crippen molar-refractivity contribution in [2.45, 2.75) is 33.4 Å². The zero-order valence-electron chi connectivity index (χ0n) is 14.2. The molecule has 2 aromatic rings. The highest BCUT2D eigenvalue weighted by molar-refractivity contribution is 5.96. The Bertz CT molecular complexity index is 688. The number of amides is 1. The Balaban J connectivity index is 0.00000144. The van der Waals surface area contributed by atoms with Crippen LogP contribution in [-0.2, 0) is 6.54 Å². The lowest BCUT2D eigenvalue weighted by molar-refractivity contribution is 0.0655. The molecule has 0 aliphatic carbocycles. The molecular weight excluding hydrogens is 349 g/mol. The smallest absolute Gasteiger partial charge is 0.255 e. The summed E-state index contributed by atoms with van der Waals surface area (Å²) in [4.78, 5) is 23.4. The number of aromatic nitrogens is 3. The van der Waals surface area contributed by atoms with E-state index in [0.717, 1.165) is 37.3 Å². The highest BCUT2D eigenvalue weighted by atomic mass is 35.5. The van der Waals surface area contributed by atoms with Gasteiger partial charge in [0.05, 0.1) is 11.9 Å². The average molecular weight is 374 g/mol. The minimum absolute atomic E-state index is 0. The fourth-order valence-corrected chi connectivity index (χ4v) is 2.90. The van der Waals surface area contributed by atoms with Crippen molar-refractivity contribution >= 4 is 41.9 Å². The van der Waals surface area contributed by atoms with Gasteiger partial charge in [0.2, 0.25) is 0 Å². The van der Waals surface area contributed by atoms with Gasteiger partial charge in [-0.2, -0.15) is 0 Å². The normalized spacial score (nSPS) is 17.5. The summed E-state index contributed by atoms with van der Waals surface area (Å²) in [6.07, 6.45) is 3.48. The Labute approximate surface area is 154 Å². The van der Waals surface area contributed by atoms with Gasteiger partial charge in [0.1, 0.15) is 5.52 Å². The van der Waals surface area contributed by atoms with Crippen LogP contribution in [0.5, 0.6) is 0 Å². The molecule has 1 aliphatic heterocycles. The summed E-state index contributed by atoms with van der Waals surface area (Å²) in [6.45, 7) is 9.68. The van der Waals surface area contributed by atoms with Gasteiger partial charge < -0.3 is 14.8 Å². The number of nitrogens with one attached hydrogen (secondary N) is 1. The zero-order chi connectivity index (χ0) is 15.7. The molecule has 0 aromatic carbocycles. The molecule has 1 N–H and O–H groups in total. The van der Waals surface area contributed by atoms with Crippen molar-refractivity contribution in [1.29, 1.82) is 0 Å². The Morgan fingerprint density at radius 1 is 1.38 bits per heavy atom. The number of imidazole rings is 1. The van der Waals surface area contributed by atoms with Crippen molar-refractivity contribution in [3.05, 3.63) is 24.2 Å². The lowest BCUT2D eigenvalue weighted by atomic mass is 10.1. The summed E-state index contributed by atoms with van der Waals surface area (Å²) in [5.74, 6) is 0.573. The Morgan fingerprint density at radius 3 is 2.79 bits per heavy atom. The van der Waals surface area contributed by atoms with Gasteiger partial charge in [-0.25, -0.2) is 9.97 Å². The molecule has 3 rings (SSSR count). The van der Waals surface area contributed by atoms with E-state index >= 15 is 0 Å². The van der Waals surface area contributed by atoms with Crippen LogP contribution in [0.15, 0.2) is 18.6 Å². The molecule has 1 atom stereocenters. The van der Waals surface area contributed by atoms with Gasteiger partial charge in [0.25, 0.3) is 5.91 Å². The number of fused-ring (bicyclic) bond motifs is 1. The molecule has 0 radical (unpaired) electrons. The molecule has 24 heavy (non-hydrogen) atoms. The van der Waals surface area contributed by atoms with E-state index < -0.39 is 0 Å². The Morgan fingerprint density at radius 2 is 2.12 bits per heavy atom. The minimum atomic E-state index is 0. The van der Waals surface area contributed by atoms with E-state index in [9.17, 15) is 4.79 Å². The van der Waals surface area contributed by atoms with Gasteiger partial charge in [0, 0.05) is 38.4 Å². The third-order valence-corrected chi connectivity index (χ3v) is 4.03. The highest BCUT2D eigenvalue weighted by Gasteiger charge is 2.24. The van der Waals surface area contributed by atoms with Crippen LogP contribution in [0.1, 0.15) is 31.1 Å². The minimum Gasteiger partial charge on any atom is -0.333 e. The fraction of sp³-hybridized carbons (Fsp3) is 0.562. The van der Waals surface area contributed by atoms with Crippen molar-refractivity contribution in [2.24, 2.45) is 5.92 Å². The van der Waals surface area contributed by atoms with E-state index in [4.69, 9.17) is 0 Å². The van der Waals surface area contributed by atoms with Crippen molar-refractivity contribution in [1.82, 2.24) is 24.8 Å². The standard InChI is InChI=1S/C16H23N5O.2ClH/c1-11(2)9-20-10-19-14-6-13(8-18-15(14)20)16(22)21-5-4-17-7-12(21)3;;/h6,8,10-12,17H,4-5,7,9H2,1-3H3;2*1H/t12-;;/m1../s1. The number of pyridine rings is 1. The molecule has 3 heterocycles. The van der Waals surface area contributed by atoms with Crippen LogP contribution in [0, 0.1) is 5.92 Å². The molecule has 0 bridgehead atoms. The van der Waals surface area contributed by atoms with Crippen molar-refractivity contribution in [3.63, 3.8) is 0 Å².